The minimum Gasteiger partial charge on any atom is -0.497 e. The van der Waals surface area contributed by atoms with Crippen LogP contribution in [0.5, 0.6) is 11.5 Å². The first-order valence-corrected chi connectivity index (χ1v) is 8.29. The number of amides is 2. The van der Waals surface area contributed by atoms with Gasteiger partial charge in [0, 0.05) is 6.54 Å². The highest BCUT2D eigenvalue weighted by atomic mass is 19.3. The Morgan fingerprint density at radius 2 is 1.89 bits per heavy atom. The number of nitrogens with zero attached hydrogens (tertiary/aromatic N) is 1. The summed E-state index contributed by atoms with van der Waals surface area (Å²) >= 11 is 0. The molecule has 2 rings (SSSR count). The summed E-state index contributed by atoms with van der Waals surface area (Å²) in [6.07, 6.45) is 0. The smallest absolute Gasteiger partial charge is 0.387 e. The van der Waals surface area contributed by atoms with E-state index in [0.717, 1.165) is 11.3 Å². The van der Waals surface area contributed by atoms with Crippen LogP contribution in [0.4, 0.5) is 19.3 Å². The molecule has 0 fully saturated rings. The second kappa shape index (κ2) is 9.72. The molecule has 0 heterocycles. The zero-order chi connectivity index (χ0) is 19.8. The van der Waals surface area contributed by atoms with E-state index in [1.165, 1.54) is 12.1 Å². The fourth-order valence-corrected chi connectivity index (χ4v) is 2.57. The minimum atomic E-state index is -2.97. The van der Waals surface area contributed by atoms with Crippen LogP contribution in [0.2, 0.25) is 0 Å². The molecule has 2 N–H and O–H groups in total. The van der Waals surface area contributed by atoms with E-state index >= 15 is 0 Å². The third-order valence-electron chi connectivity index (χ3n) is 3.91. The number of hydrogen-bond donors (Lipinski definition) is 2. The van der Waals surface area contributed by atoms with Gasteiger partial charge < -0.3 is 25.0 Å². The molecule has 0 aliphatic rings. The summed E-state index contributed by atoms with van der Waals surface area (Å²) in [7, 11) is 5.39. The van der Waals surface area contributed by atoms with Gasteiger partial charge in [0.1, 0.15) is 11.5 Å². The van der Waals surface area contributed by atoms with Crippen LogP contribution in [0.25, 0.3) is 0 Å². The van der Waals surface area contributed by atoms with E-state index in [0.29, 0.717) is 6.54 Å². The lowest BCUT2D eigenvalue weighted by Gasteiger charge is -2.25. The molecule has 0 aliphatic carbocycles. The average molecular weight is 379 g/mol. The van der Waals surface area contributed by atoms with Gasteiger partial charge in [-0.3, -0.25) is 0 Å². The Morgan fingerprint density at radius 3 is 2.56 bits per heavy atom. The Hall–Kier alpha value is -2.87. The number of hydrogen-bond acceptors (Lipinski definition) is 4. The number of likely N-dealkylation sites (N-methyl/N-ethyl adjacent to an activating group) is 1. The third kappa shape index (κ3) is 6.10. The van der Waals surface area contributed by atoms with Gasteiger partial charge in [-0.1, -0.05) is 24.3 Å². The van der Waals surface area contributed by atoms with E-state index in [2.05, 4.69) is 15.4 Å². The van der Waals surface area contributed by atoms with Gasteiger partial charge >= 0.3 is 12.6 Å². The van der Waals surface area contributed by atoms with E-state index in [9.17, 15) is 13.6 Å². The number of halogens is 2. The Kier molecular flexibility index (Phi) is 7.36. The second-order valence-electron chi connectivity index (χ2n) is 5.97. The molecule has 27 heavy (non-hydrogen) atoms. The van der Waals surface area contributed by atoms with Crippen molar-refractivity contribution in [2.45, 2.75) is 12.7 Å². The molecule has 2 amide bonds. The van der Waals surface area contributed by atoms with Gasteiger partial charge in [-0.15, -0.1) is 0 Å². The van der Waals surface area contributed by atoms with Crippen molar-refractivity contribution in [3.05, 3.63) is 54.1 Å². The monoisotopic (exact) mass is 379 g/mol. The number of ether oxygens (including phenoxy) is 2. The molecule has 2 aromatic rings. The molecule has 8 heteroatoms. The van der Waals surface area contributed by atoms with Crippen LogP contribution >= 0.6 is 0 Å². The Labute approximate surface area is 157 Å². The number of benzene rings is 2. The molecule has 1 unspecified atom stereocenters. The third-order valence-corrected chi connectivity index (χ3v) is 3.91. The maximum atomic E-state index is 12.5. The van der Waals surface area contributed by atoms with Crippen LogP contribution < -0.4 is 20.1 Å². The highest BCUT2D eigenvalue weighted by Gasteiger charge is 2.17. The van der Waals surface area contributed by atoms with Gasteiger partial charge in [0.2, 0.25) is 0 Å². The topological polar surface area (TPSA) is 62.8 Å². The molecule has 6 nitrogen and oxygen atoms in total. The van der Waals surface area contributed by atoms with Gasteiger partial charge in [0.15, 0.2) is 0 Å². The molecule has 1 atom stereocenters. The summed E-state index contributed by atoms with van der Waals surface area (Å²) in [6.45, 7) is -2.66. The number of methoxy groups -OCH3 is 1. The highest BCUT2D eigenvalue weighted by Crippen LogP contribution is 2.26. The van der Waals surface area contributed by atoms with Crippen LogP contribution in [-0.2, 0) is 0 Å². The van der Waals surface area contributed by atoms with E-state index < -0.39 is 12.6 Å². The predicted molar refractivity (Wildman–Crippen MR) is 99.5 cm³/mol. The van der Waals surface area contributed by atoms with Crippen molar-refractivity contribution in [1.29, 1.82) is 0 Å². The normalized spacial score (nSPS) is 12.0. The fraction of sp³-hybridized carbons (Fsp3) is 0.316. The van der Waals surface area contributed by atoms with Crippen molar-refractivity contribution in [3.8, 4) is 11.5 Å². The van der Waals surface area contributed by atoms with E-state index in [1.807, 2.05) is 43.3 Å². The molecule has 2 aromatic carbocycles. The molecule has 0 aromatic heterocycles. The molecule has 0 saturated carbocycles. The lowest BCUT2D eigenvalue weighted by molar-refractivity contribution is -0.0493. The maximum Gasteiger partial charge on any atom is 0.387 e. The maximum absolute atomic E-state index is 12.5. The first-order chi connectivity index (χ1) is 12.9. The number of nitrogens with one attached hydrogen (secondary N) is 2. The standard InChI is InChI=1S/C19H23F2N3O3/c1-24(2)16(13-7-6-8-14(11-13)26-3)12-22-19(25)23-15-9-4-5-10-17(15)27-18(20)21/h4-11,16,18H,12H2,1-3H3,(H2,22,23,25). The van der Waals surface area contributed by atoms with Crippen LogP contribution in [0.3, 0.4) is 0 Å². The quantitative estimate of drug-likeness (QED) is 0.734. The van der Waals surface area contributed by atoms with Gasteiger partial charge in [-0.25, -0.2) is 4.79 Å². The number of anilines is 1. The van der Waals surface area contributed by atoms with Crippen molar-refractivity contribution >= 4 is 11.7 Å². The number of carbonyl (C=O) groups excluding carboxylic acids is 1. The molecule has 0 aliphatic heterocycles. The Morgan fingerprint density at radius 1 is 1.15 bits per heavy atom. The fourth-order valence-electron chi connectivity index (χ4n) is 2.57. The SMILES string of the molecule is COc1cccc(C(CNC(=O)Nc2ccccc2OC(F)F)N(C)C)c1. The van der Waals surface area contributed by atoms with Crippen LogP contribution in [-0.4, -0.2) is 45.3 Å². The van der Waals surface area contributed by atoms with Crippen molar-refractivity contribution in [3.63, 3.8) is 0 Å². The molecule has 0 radical (unpaired) electrons. The second-order valence-corrected chi connectivity index (χ2v) is 5.97. The zero-order valence-electron chi connectivity index (χ0n) is 15.4. The summed E-state index contributed by atoms with van der Waals surface area (Å²) in [4.78, 5) is 14.2. The van der Waals surface area contributed by atoms with Crippen molar-refractivity contribution in [1.82, 2.24) is 10.2 Å². The summed E-state index contributed by atoms with van der Waals surface area (Å²) in [5.74, 6) is 0.626. The summed E-state index contributed by atoms with van der Waals surface area (Å²) in [6, 6.07) is 13.0. The largest absolute Gasteiger partial charge is 0.497 e. The summed E-state index contributed by atoms with van der Waals surface area (Å²) < 4.78 is 34.6. The van der Waals surface area contributed by atoms with E-state index in [-0.39, 0.29) is 17.5 Å². The van der Waals surface area contributed by atoms with Crippen LogP contribution in [0, 0.1) is 0 Å². The van der Waals surface area contributed by atoms with Gasteiger partial charge in [0.05, 0.1) is 18.8 Å². The summed E-state index contributed by atoms with van der Waals surface area (Å²) in [5.41, 5.74) is 1.14. The van der Waals surface area contributed by atoms with Crippen LogP contribution in [0.15, 0.2) is 48.5 Å². The number of rotatable bonds is 8. The average Bonchev–Trinajstić information content (AvgIpc) is 2.63. The first-order valence-electron chi connectivity index (χ1n) is 8.29. The van der Waals surface area contributed by atoms with Crippen molar-refractivity contribution in [2.75, 3.05) is 33.1 Å². The molecule has 0 bridgehead atoms. The Balaban J connectivity index is 2.02. The highest BCUT2D eigenvalue weighted by molar-refractivity contribution is 5.90. The lowest BCUT2D eigenvalue weighted by atomic mass is 10.1. The number of alkyl halides is 2. The molecule has 0 saturated heterocycles. The molecule has 0 spiro atoms. The zero-order valence-corrected chi connectivity index (χ0v) is 15.4. The van der Waals surface area contributed by atoms with E-state index in [4.69, 9.17) is 4.74 Å². The van der Waals surface area contributed by atoms with E-state index in [1.54, 1.807) is 19.2 Å². The predicted octanol–water partition coefficient (Wildman–Crippen LogP) is 3.72. The number of carbonyl (C=O) groups is 1. The van der Waals surface area contributed by atoms with Crippen LogP contribution in [0.1, 0.15) is 11.6 Å². The Bertz CT molecular complexity index is 756. The van der Waals surface area contributed by atoms with Crippen molar-refractivity contribution < 1.29 is 23.0 Å². The summed E-state index contributed by atoms with van der Waals surface area (Å²) in [5, 5.41) is 5.29. The van der Waals surface area contributed by atoms with Gasteiger partial charge in [0.25, 0.3) is 0 Å². The van der Waals surface area contributed by atoms with Gasteiger partial charge in [-0.2, -0.15) is 8.78 Å². The first kappa shape index (κ1) is 20.4. The number of urea groups is 1. The van der Waals surface area contributed by atoms with Crippen molar-refractivity contribution in [2.24, 2.45) is 0 Å². The lowest BCUT2D eigenvalue weighted by Crippen LogP contribution is -2.37. The molecule has 146 valence electrons. The molecular formula is C19H23F2N3O3. The molecular weight excluding hydrogens is 356 g/mol. The minimum absolute atomic E-state index is 0.0976. The van der Waals surface area contributed by atoms with Gasteiger partial charge in [-0.05, 0) is 43.9 Å². The number of para-hydroxylation sites is 2.